The van der Waals surface area contributed by atoms with Crippen LogP contribution in [0.5, 0.6) is 0 Å². The highest BCUT2D eigenvalue weighted by molar-refractivity contribution is 5.69. The highest BCUT2D eigenvalue weighted by Crippen LogP contribution is 2.11. The molecule has 0 aromatic carbocycles. The number of hydrogen-bond donors (Lipinski definition) is 1. The summed E-state index contributed by atoms with van der Waals surface area (Å²) in [4.78, 5) is 13.3. The molecule has 108 valence electrons. The van der Waals surface area contributed by atoms with E-state index < -0.39 is 5.97 Å². The predicted octanol–water partition coefficient (Wildman–Crippen LogP) is 3.78. The van der Waals surface area contributed by atoms with Crippen LogP contribution in [0.15, 0.2) is 0 Å². The average molecular weight is 257 g/mol. The molecule has 0 aliphatic rings. The van der Waals surface area contributed by atoms with Crippen molar-refractivity contribution in [2.24, 2.45) is 5.92 Å². The minimum Gasteiger partial charge on any atom is -0.481 e. The summed E-state index contributed by atoms with van der Waals surface area (Å²) in [6, 6.07) is 0.484. The Morgan fingerprint density at radius 2 is 1.72 bits per heavy atom. The van der Waals surface area contributed by atoms with Gasteiger partial charge in [0.15, 0.2) is 0 Å². The third-order valence-corrected chi connectivity index (χ3v) is 3.69. The fourth-order valence-corrected chi connectivity index (χ4v) is 2.10. The quantitative estimate of drug-likeness (QED) is 0.573. The minimum atomic E-state index is -0.686. The van der Waals surface area contributed by atoms with Crippen molar-refractivity contribution in [3.05, 3.63) is 0 Å². The van der Waals surface area contributed by atoms with Crippen molar-refractivity contribution in [3.63, 3.8) is 0 Å². The molecular weight excluding hydrogens is 226 g/mol. The predicted molar refractivity (Wildman–Crippen MR) is 76.9 cm³/mol. The molecule has 0 rings (SSSR count). The molecule has 0 aliphatic carbocycles. The summed E-state index contributed by atoms with van der Waals surface area (Å²) >= 11 is 0. The van der Waals surface area contributed by atoms with Gasteiger partial charge in [-0.05, 0) is 26.3 Å². The third kappa shape index (κ3) is 7.70. The molecule has 0 aliphatic heterocycles. The second-order valence-electron chi connectivity index (χ2n) is 5.41. The fourth-order valence-electron chi connectivity index (χ4n) is 2.10. The van der Waals surface area contributed by atoms with Crippen LogP contribution in [0, 0.1) is 5.92 Å². The molecule has 0 saturated carbocycles. The van der Waals surface area contributed by atoms with Crippen molar-refractivity contribution < 1.29 is 9.90 Å². The van der Waals surface area contributed by atoms with Crippen LogP contribution in [0.25, 0.3) is 0 Å². The number of aliphatic carboxylic acids is 1. The Kier molecular flexibility index (Phi) is 10.0. The third-order valence-electron chi connectivity index (χ3n) is 3.69. The molecule has 3 nitrogen and oxygen atoms in total. The maximum Gasteiger partial charge on any atom is 0.307 e. The molecule has 0 amide bonds. The summed E-state index contributed by atoms with van der Waals surface area (Å²) in [5, 5.41) is 9.00. The van der Waals surface area contributed by atoms with Gasteiger partial charge in [-0.15, -0.1) is 0 Å². The van der Waals surface area contributed by atoms with E-state index in [0.29, 0.717) is 12.6 Å². The van der Waals surface area contributed by atoms with E-state index in [1.165, 1.54) is 32.1 Å². The lowest BCUT2D eigenvalue weighted by molar-refractivity contribution is -0.141. The van der Waals surface area contributed by atoms with Crippen LogP contribution in [0.3, 0.4) is 0 Å². The van der Waals surface area contributed by atoms with E-state index in [2.05, 4.69) is 25.7 Å². The first-order valence-electron chi connectivity index (χ1n) is 7.49. The maximum atomic E-state index is 10.9. The van der Waals surface area contributed by atoms with Crippen LogP contribution in [0.4, 0.5) is 0 Å². The topological polar surface area (TPSA) is 40.5 Å². The van der Waals surface area contributed by atoms with Gasteiger partial charge in [-0.3, -0.25) is 9.69 Å². The van der Waals surface area contributed by atoms with Crippen molar-refractivity contribution in [2.45, 2.75) is 72.3 Å². The first-order valence-corrected chi connectivity index (χ1v) is 7.49. The first kappa shape index (κ1) is 17.4. The van der Waals surface area contributed by atoms with Crippen molar-refractivity contribution in [2.75, 3.05) is 13.1 Å². The zero-order valence-corrected chi connectivity index (χ0v) is 12.6. The number of hydrogen-bond acceptors (Lipinski definition) is 2. The summed E-state index contributed by atoms with van der Waals surface area (Å²) in [5.74, 6) is -0.955. The molecule has 3 heteroatoms. The van der Waals surface area contributed by atoms with Gasteiger partial charge in [-0.2, -0.15) is 0 Å². The van der Waals surface area contributed by atoms with Crippen molar-refractivity contribution in [1.29, 1.82) is 0 Å². The van der Waals surface area contributed by atoms with Crippen LogP contribution >= 0.6 is 0 Å². The first-order chi connectivity index (χ1) is 8.52. The van der Waals surface area contributed by atoms with Gasteiger partial charge in [0.05, 0.1) is 5.92 Å². The molecule has 1 N–H and O–H groups in total. The molecule has 2 atom stereocenters. The van der Waals surface area contributed by atoms with Crippen molar-refractivity contribution >= 4 is 5.97 Å². The fraction of sp³-hybridized carbons (Fsp3) is 0.933. The molecule has 0 radical (unpaired) electrons. The second kappa shape index (κ2) is 10.4. The number of carboxylic acids is 1. The molecule has 18 heavy (non-hydrogen) atoms. The molecule has 0 fully saturated rings. The van der Waals surface area contributed by atoms with Crippen LogP contribution in [-0.4, -0.2) is 35.1 Å². The smallest absolute Gasteiger partial charge is 0.307 e. The lowest BCUT2D eigenvalue weighted by atomic mass is 10.1. The summed E-state index contributed by atoms with van der Waals surface area (Å²) in [6.07, 6.45) is 7.43. The van der Waals surface area contributed by atoms with Crippen LogP contribution < -0.4 is 0 Å². The molecule has 0 aromatic rings. The molecule has 0 spiro atoms. The van der Waals surface area contributed by atoms with Crippen LogP contribution in [-0.2, 0) is 4.79 Å². The summed E-state index contributed by atoms with van der Waals surface area (Å²) in [7, 11) is 0. The number of carboxylic acid groups (broad SMARTS) is 1. The van der Waals surface area contributed by atoms with E-state index in [9.17, 15) is 4.79 Å². The SMILES string of the molecule is CCCCCCCN(CC(C)C(=O)O)C(C)CC. The Bertz CT molecular complexity index is 219. The Morgan fingerprint density at radius 1 is 1.11 bits per heavy atom. The average Bonchev–Trinajstić information content (AvgIpc) is 2.35. The number of rotatable bonds is 11. The van der Waals surface area contributed by atoms with Gasteiger partial charge in [0, 0.05) is 12.6 Å². The monoisotopic (exact) mass is 257 g/mol. The maximum absolute atomic E-state index is 10.9. The molecule has 2 unspecified atom stereocenters. The van der Waals surface area contributed by atoms with E-state index in [-0.39, 0.29) is 5.92 Å². The second-order valence-corrected chi connectivity index (χ2v) is 5.41. The van der Waals surface area contributed by atoms with Gasteiger partial charge in [-0.1, -0.05) is 46.5 Å². The van der Waals surface area contributed by atoms with E-state index in [0.717, 1.165) is 13.0 Å². The lowest BCUT2D eigenvalue weighted by Crippen LogP contribution is -2.38. The summed E-state index contributed by atoms with van der Waals surface area (Å²) < 4.78 is 0. The number of unbranched alkanes of at least 4 members (excludes halogenated alkanes) is 4. The summed E-state index contributed by atoms with van der Waals surface area (Å²) in [6.45, 7) is 10.1. The molecule has 0 saturated heterocycles. The number of carbonyl (C=O) groups is 1. The van der Waals surface area contributed by atoms with Crippen molar-refractivity contribution in [3.8, 4) is 0 Å². The molecule has 0 aromatic heterocycles. The van der Waals surface area contributed by atoms with Gasteiger partial charge in [0.1, 0.15) is 0 Å². The Hall–Kier alpha value is -0.570. The van der Waals surface area contributed by atoms with Gasteiger partial charge < -0.3 is 5.11 Å². The Morgan fingerprint density at radius 3 is 2.22 bits per heavy atom. The van der Waals surface area contributed by atoms with Gasteiger partial charge >= 0.3 is 5.97 Å². The minimum absolute atomic E-state index is 0.269. The van der Waals surface area contributed by atoms with E-state index in [1.54, 1.807) is 6.92 Å². The van der Waals surface area contributed by atoms with Crippen LogP contribution in [0.1, 0.15) is 66.2 Å². The van der Waals surface area contributed by atoms with Crippen LogP contribution in [0.2, 0.25) is 0 Å². The standard InChI is InChI=1S/C15H31NO2/c1-5-7-8-9-10-11-16(14(4)6-2)12-13(3)15(17)18/h13-14H,5-12H2,1-4H3,(H,17,18). The normalized spacial score (nSPS) is 14.7. The Labute approximate surface area is 113 Å². The molecule has 0 heterocycles. The van der Waals surface area contributed by atoms with E-state index in [4.69, 9.17) is 5.11 Å². The van der Waals surface area contributed by atoms with Gasteiger partial charge in [-0.25, -0.2) is 0 Å². The summed E-state index contributed by atoms with van der Waals surface area (Å²) in [5.41, 5.74) is 0. The molecular formula is C15H31NO2. The van der Waals surface area contributed by atoms with E-state index >= 15 is 0 Å². The molecule has 0 bridgehead atoms. The van der Waals surface area contributed by atoms with Gasteiger partial charge in [0.25, 0.3) is 0 Å². The van der Waals surface area contributed by atoms with E-state index in [1.807, 2.05) is 0 Å². The lowest BCUT2D eigenvalue weighted by Gasteiger charge is -2.29. The Balaban J connectivity index is 4.03. The largest absolute Gasteiger partial charge is 0.481 e. The van der Waals surface area contributed by atoms with Gasteiger partial charge in [0.2, 0.25) is 0 Å². The highest BCUT2D eigenvalue weighted by Gasteiger charge is 2.19. The van der Waals surface area contributed by atoms with Crippen molar-refractivity contribution in [1.82, 2.24) is 4.90 Å². The zero-order valence-electron chi connectivity index (χ0n) is 12.6. The highest BCUT2D eigenvalue weighted by atomic mass is 16.4. The zero-order chi connectivity index (χ0) is 14.0. The number of nitrogens with zero attached hydrogens (tertiary/aromatic N) is 1.